The molecule has 16 heavy (non-hydrogen) atoms. The summed E-state index contributed by atoms with van der Waals surface area (Å²) >= 11 is 0. The van der Waals surface area contributed by atoms with Gasteiger partial charge in [-0.2, -0.15) is 0 Å². The maximum absolute atomic E-state index is 10.2. The summed E-state index contributed by atoms with van der Waals surface area (Å²) in [6, 6.07) is 0. The molecule has 0 aromatic rings. The zero-order valence-electron chi connectivity index (χ0n) is 10.1. The van der Waals surface area contributed by atoms with Gasteiger partial charge in [0.15, 0.2) is 0 Å². The summed E-state index contributed by atoms with van der Waals surface area (Å²) in [5.41, 5.74) is 0. The van der Waals surface area contributed by atoms with Crippen molar-refractivity contribution in [3.8, 4) is 12.0 Å². The largest absolute Gasteiger partial charge is 0.447 e. The molecule has 1 fully saturated rings. The smallest absolute Gasteiger partial charge is 0.110 e. The van der Waals surface area contributed by atoms with Crippen molar-refractivity contribution in [3.63, 3.8) is 0 Å². The third-order valence-corrected chi connectivity index (χ3v) is 3.20. The molecule has 0 bridgehead atoms. The van der Waals surface area contributed by atoms with E-state index in [2.05, 4.69) is 18.6 Å². The molecule has 1 aliphatic rings. The van der Waals surface area contributed by atoms with Gasteiger partial charge in [-0.25, -0.2) is 0 Å². The molecule has 2 heteroatoms. The van der Waals surface area contributed by atoms with E-state index >= 15 is 0 Å². The minimum atomic E-state index is -0.384. The lowest BCUT2D eigenvalue weighted by atomic mass is 9.80. The Morgan fingerprint density at radius 2 is 2.12 bits per heavy atom. The van der Waals surface area contributed by atoms with Gasteiger partial charge in [-0.15, -0.1) is 6.58 Å². The summed E-state index contributed by atoms with van der Waals surface area (Å²) in [5, 5.41) is 10.2. The minimum absolute atomic E-state index is 0.158. The molecular formula is C14H22O2. The van der Waals surface area contributed by atoms with Crippen molar-refractivity contribution in [2.75, 3.05) is 6.61 Å². The summed E-state index contributed by atoms with van der Waals surface area (Å²) in [4.78, 5) is 0. The highest BCUT2D eigenvalue weighted by Gasteiger charge is 2.26. The van der Waals surface area contributed by atoms with Crippen LogP contribution >= 0.6 is 0 Å². The Morgan fingerprint density at radius 1 is 1.44 bits per heavy atom. The van der Waals surface area contributed by atoms with Crippen LogP contribution in [0.4, 0.5) is 0 Å². The SMILES string of the molecule is C=C[C@@H](C#COCC)[C@H](O)C1CCCCC1. The molecule has 0 radical (unpaired) electrons. The van der Waals surface area contributed by atoms with Gasteiger partial charge in [0.25, 0.3) is 0 Å². The van der Waals surface area contributed by atoms with E-state index in [1.807, 2.05) is 6.92 Å². The summed E-state index contributed by atoms with van der Waals surface area (Å²) < 4.78 is 4.98. The van der Waals surface area contributed by atoms with Crippen LogP contribution in [0.15, 0.2) is 12.7 Å². The first kappa shape index (κ1) is 13.1. The molecule has 0 heterocycles. The quantitative estimate of drug-likeness (QED) is 0.585. The normalized spacial score (nSPS) is 20.4. The highest BCUT2D eigenvalue weighted by molar-refractivity contribution is 5.09. The monoisotopic (exact) mass is 222 g/mol. The number of hydrogen-bond donors (Lipinski definition) is 1. The first-order valence-electron chi connectivity index (χ1n) is 6.22. The van der Waals surface area contributed by atoms with Crippen LogP contribution in [0.1, 0.15) is 39.0 Å². The van der Waals surface area contributed by atoms with Crippen LogP contribution in [-0.4, -0.2) is 17.8 Å². The van der Waals surface area contributed by atoms with Gasteiger partial charge in [0.1, 0.15) is 6.11 Å². The Hall–Kier alpha value is -0.940. The third-order valence-electron chi connectivity index (χ3n) is 3.20. The summed E-state index contributed by atoms with van der Waals surface area (Å²) in [6.07, 6.45) is 9.95. The molecule has 0 saturated heterocycles. The molecule has 0 spiro atoms. The van der Waals surface area contributed by atoms with Crippen molar-refractivity contribution in [2.45, 2.75) is 45.1 Å². The van der Waals surface area contributed by atoms with Gasteiger partial charge in [-0.3, -0.25) is 0 Å². The van der Waals surface area contributed by atoms with E-state index in [9.17, 15) is 5.11 Å². The highest BCUT2D eigenvalue weighted by atomic mass is 16.5. The van der Waals surface area contributed by atoms with Gasteiger partial charge in [-0.05, 0) is 31.6 Å². The van der Waals surface area contributed by atoms with Crippen molar-refractivity contribution in [1.29, 1.82) is 0 Å². The molecule has 0 unspecified atom stereocenters. The van der Waals surface area contributed by atoms with E-state index in [4.69, 9.17) is 4.74 Å². The maximum Gasteiger partial charge on any atom is 0.110 e. The lowest BCUT2D eigenvalue weighted by molar-refractivity contribution is 0.0665. The fourth-order valence-corrected chi connectivity index (χ4v) is 2.23. The number of rotatable bonds is 4. The number of aliphatic hydroxyl groups excluding tert-OH is 1. The van der Waals surface area contributed by atoms with E-state index in [1.54, 1.807) is 6.08 Å². The van der Waals surface area contributed by atoms with Crippen LogP contribution in [0, 0.1) is 23.9 Å². The second-order valence-corrected chi connectivity index (χ2v) is 4.33. The maximum atomic E-state index is 10.2. The number of aliphatic hydroxyl groups is 1. The fourth-order valence-electron chi connectivity index (χ4n) is 2.23. The van der Waals surface area contributed by atoms with Crippen LogP contribution in [0.5, 0.6) is 0 Å². The summed E-state index contributed by atoms with van der Waals surface area (Å²) in [6.45, 7) is 6.22. The topological polar surface area (TPSA) is 29.5 Å². The van der Waals surface area contributed by atoms with Gasteiger partial charge in [0.05, 0.1) is 18.6 Å². The van der Waals surface area contributed by atoms with E-state index in [1.165, 1.54) is 19.3 Å². The van der Waals surface area contributed by atoms with Gasteiger partial charge in [0.2, 0.25) is 0 Å². The molecule has 1 rings (SSSR count). The van der Waals surface area contributed by atoms with E-state index in [0.717, 1.165) is 12.8 Å². The van der Waals surface area contributed by atoms with Gasteiger partial charge in [-0.1, -0.05) is 25.3 Å². The standard InChI is InChI=1S/C14H22O2/c1-3-12(10-11-16-4-2)14(15)13-8-6-5-7-9-13/h3,12-15H,1,4-9H2,2H3/t12-,14-/m0/s1. The zero-order chi connectivity index (χ0) is 11.8. The van der Waals surface area contributed by atoms with Gasteiger partial charge < -0.3 is 9.84 Å². The van der Waals surface area contributed by atoms with Crippen LogP contribution in [0.2, 0.25) is 0 Å². The summed E-state index contributed by atoms with van der Waals surface area (Å²) in [5.74, 6) is 3.15. The molecule has 1 aliphatic carbocycles. The average molecular weight is 222 g/mol. The fraction of sp³-hybridized carbons (Fsp3) is 0.714. The van der Waals surface area contributed by atoms with Crippen molar-refractivity contribution in [2.24, 2.45) is 11.8 Å². The Morgan fingerprint density at radius 3 is 2.69 bits per heavy atom. The zero-order valence-corrected chi connectivity index (χ0v) is 10.1. The lowest BCUT2D eigenvalue weighted by Gasteiger charge is -2.28. The van der Waals surface area contributed by atoms with E-state index in [-0.39, 0.29) is 12.0 Å². The van der Waals surface area contributed by atoms with Crippen LogP contribution in [-0.2, 0) is 4.74 Å². The van der Waals surface area contributed by atoms with Gasteiger partial charge >= 0.3 is 0 Å². The highest BCUT2D eigenvalue weighted by Crippen LogP contribution is 2.29. The second-order valence-electron chi connectivity index (χ2n) is 4.33. The molecule has 0 aromatic heterocycles. The molecule has 1 N–H and O–H groups in total. The van der Waals surface area contributed by atoms with Crippen LogP contribution in [0.25, 0.3) is 0 Å². The molecule has 0 amide bonds. The molecule has 0 aliphatic heterocycles. The Labute approximate surface area is 98.7 Å². The van der Waals surface area contributed by atoms with Crippen molar-refractivity contribution < 1.29 is 9.84 Å². The average Bonchev–Trinajstić information content (AvgIpc) is 2.35. The Bertz CT molecular complexity index is 256. The predicted octanol–water partition coefficient (Wildman–Crippen LogP) is 2.73. The van der Waals surface area contributed by atoms with E-state index in [0.29, 0.717) is 12.5 Å². The van der Waals surface area contributed by atoms with Crippen LogP contribution < -0.4 is 0 Å². The molecule has 0 aromatic carbocycles. The van der Waals surface area contributed by atoms with E-state index < -0.39 is 0 Å². The predicted molar refractivity (Wildman–Crippen MR) is 65.7 cm³/mol. The molecule has 2 atom stereocenters. The number of ether oxygens (including phenoxy) is 1. The van der Waals surface area contributed by atoms with Crippen molar-refractivity contribution in [3.05, 3.63) is 12.7 Å². The van der Waals surface area contributed by atoms with Crippen LogP contribution in [0.3, 0.4) is 0 Å². The molecule has 2 nitrogen and oxygen atoms in total. The number of hydrogen-bond acceptors (Lipinski definition) is 2. The van der Waals surface area contributed by atoms with Crippen molar-refractivity contribution in [1.82, 2.24) is 0 Å². The molecule has 1 saturated carbocycles. The minimum Gasteiger partial charge on any atom is -0.447 e. The lowest BCUT2D eigenvalue weighted by Crippen LogP contribution is -2.29. The molecule has 90 valence electrons. The van der Waals surface area contributed by atoms with Gasteiger partial charge in [0, 0.05) is 0 Å². The first-order chi connectivity index (χ1) is 7.79. The summed E-state index contributed by atoms with van der Waals surface area (Å²) in [7, 11) is 0. The molecular weight excluding hydrogens is 200 g/mol. The Balaban J connectivity index is 2.51. The second kappa shape index (κ2) is 7.35. The first-order valence-corrected chi connectivity index (χ1v) is 6.22. The third kappa shape index (κ3) is 3.90. The Kier molecular flexibility index (Phi) is 6.03. The van der Waals surface area contributed by atoms with Crippen molar-refractivity contribution >= 4 is 0 Å².